The van der Waals surface area contributed by atoms with Crippen LogP contribution in [-0.4, -0.2) is 23.3 Å². The van der Waals surface area contributed by atoms with Crippen molar-refractivity contribution >= 4 is 28.8 Å². The van der Waals surface area contributed by atoms with Crippen LogP contribution in [-0.2, 0) is 13.0 Å². The summed E-state index contributed by atoms with van der Waals surface area (Å²) in [5.41, 5.74) is 4.99. The number of benzene rings is 2. The van der Waals surface area contributed by atoms with Crippen molar-refractivity contribution in [3.63, 3.8) is 0 Å². The molecule has 28 heavy (non-hydrogen) atoms. The summed E-state index contributed by atoms with van der Waals surface area (Å²) >= 11 is 1.76. The van der Waals surface area contributed by atoms with Gasteiger partial charge in [-0.25, -0.2) is 0 Å². The molecule has 0 aliphatic carbocycles. The van der Waals surface area contributed by atoms with Crippen molar-refractivity contribution < 1.29 is 9.59 Å². The summed E-state index contributed by atoms with van der Waals surface area (Å²) < 4.78 is 0. The van der Waals surface area contributed by atoms with Gasteiger partial charge in [-0.15, -0.1) is 11.3 Å². The lowest BCUT2D eigenvalue weighted by atomic mass is 10.0. The largest absolute Gasteiger partial charge is 0.334 e. The number of rotatable bonds is 3. The number of hydrogen-bond donors (Lipinski definition) is 1. The SMILES string of the molecule is Cc1cccc(C(=O)Nc2cccc(C(=O)N3CCc4sccc4C3)c2C)c1. The van der Waals surface area contributed by atoms with Gasteiger partial charge in [0.2, 0.25) is 0 Å². The van der Waals surface area contributed by atoms with Crippen LogP contribution in [0.25, 0.3) is 0 Å². The number of hydrogen-bond acceptors (Lipinski definition) is 3. The molecule has 0 saturated carbocycles. The molecule has 1 N–H and O–H groups in total. The molecule has 0 bridgehead atoms. The molecule has 2 amide bonds. The molecule has 0 fully saturated rings. The maximum Gasteiger partial charge on any atom is 0.255 e. The van der Waals surface area contributed by atoms with Crippen molar-refractivity contribution in [3.05, 3.63) is 86.6 Å². The van der Waals surface area contributed by atoms with Gasteiger partial charge in [-0.2, -0.15) is 0 Å². The van der Waals surface area contributed by atoms with Crippen molar-refractivity contribution in [3.8, 4) is 0 Å². The Morgan fingerprint density at radius 2 is 1.89 bits per heavy atom. The first kappa shape index (κ1) is 18.4. The zero-order valence-corrected chi connectivity index (χ0v) is 16.8. The summed E-state index contributed by atoms with van der Waals surface area (Å²) in [6.07, 6.45) is 0.904. The molecule has 1 aliphatic heterocycles. The van der Waals surface area contributed by atoms with E-state index in [2.05, 4.69) is 16.8 Å². The molecule has 0 saturated heterocycles. The number of aryl methyl sites for hydroxylation is 1. The van der Waals surface area contributed by atoms with Gasteiger partial charge in [0.1, 0.15) is 0 Å². The molecule has 142 valence electrons. The fraction of sp³-hybridized carbons (Fsp3) is 0.217. The maximum atomic E-state index is 13.1. The number of carbonyl (C=O) groups is 2. The highest BCUT2D eigenvalue weighted by atomic mass is 32.1. The Hall–Kier alpha value is -2.92. The Kier molecular flexibility index (Phi) is 5.01. The minimum absolute atomic E-state index is 0.0148. The van der Waals surface area contributed by atoms with E-state index in [-0.39, 0.29) is 11.8 Å². The normalized spacial score (nSPS) is 13.1. The summed E-state index contributed by atoms with van der Waals surface area (Å²) in [6, 6.07) is 15.1. The minimum Gasteiger partial charge on any atom is -0.334 e. The van der Waals surface area contributed by atoms with Gasteiger partial charge in [0.25, 0.3) is 11.8 Å². The number of fused-ring (bicyclic) bond motifs is 1. The lowest BCUT2D eigenvalue weighted by Crippen LogP contribution is -2.35. The number of thiophene rings is 1. The van der Waals surface area contributed by atoms with Gasteiger partial charge >= 0.3 is 0 Å². The van der Waals surface area contributed by atoms with E-state index < -0.39 is 0 Å². The molecule has 2 heterocycles. The van der Waals surface area contributed by atoms with Gasteiger partial charge in [0, 0.05) is 34.8 Å². The van der Waals surface area contributed by atoms with Crippen molar-refractivity contribution in [2.24, 2.45) is 0 Å². The molecule has 0 spiro atoms. The van der Waals surface area contributed by atoms with Crippen LogP contribution in [0.3, 0.4) is 0 Å². The number of nitrogens with one attached hydrogen (secondary N) is 1. The van der Waals surface area contributed by atoms with Crippen LogP contribution in [0.15, 0.2) is 53.9 Å². The van der Waals surface area contributed by atoms with E-state index in [1.54, 1.807) is 17.4 Å². The molecular weight excluding hydrogens is 368 g/mol. The molecule has 2 aromatic carbocycles. The summed E-state index contributed by atoms with van der Waals surface area (Å²) in [6.45, 7) is 5.22. The molecule has 1 aromatic heterocycles. The summed E-state index contributed by atoms with van der Waals surface area (Å²) in [7, 11) is 0. The van der Waals surface area contributed by atoms with Gasteiger partial charge < -0.3 is 10.2 Å². The van der Waals surface area contributed by atoms with Gasteiger partial charge in [-0.1, -0.05) is 23.8 Å². The highest BCUT2D eigenvalue weighted by molar-refractivity contribution is 7.10. The van der Waals surface area contributed by atoms with Crippen LogP contribution in [0.2, 0.25) is 0 Å². The van der Waals surface area contributed by atoms with E-state index in [0.717, 1.165) is 24.1 Å². The van der Waals surface area contributed by atoms with Crippen LogP contribution in [0.5, 0.6) is 0 Å². The number of nitrogens with zero attached hydrogens (tertiary/aromatic N) is 1. The lowest BCUT2D eigenvalue weighted by molar-refractivity contribution is 0.0735. The topological polar surface area (TPSA) is 49.4 Å². The number of carbonyl (C=O) groups excluding carboxylic acids is 2. The van der Waals surface area contributed by atoms with Crippen LogP contribution in [0.1, 0.15) is 42.3 Å². The first-order chi connectivity index (χ1) is 13.5. The Morgan fingerprint density at radius 3 is 2.71 bits per heavy atom. The number of amides is 2. The summed E-state index contributed by atoms with van der Waals surface area (Å²) in [5, 5.41) is 5.04. The molecule has 5 heteroatoms. The molecule has 3 aromatic rings. The molecule has 4 rings (SSSR count). The van der Waals surface area contributed by atoms with Crippen molar-refractivity contribution in [1.82, 2.24) is 4.90 Å². The van der Waals surface area contributed by atoms with Gasteiger partial charge in [0.05, 0.1) is 0 Å². The van der Waals surface area contributed by atoms with E-state index in [4.69, 9.17) is 0 Å². The van der Waals surface area contributed by atoms with E-state index in [1.165, 1.54) is 10.4 Å². The third-order valence-corrected chi connectivity index (χ3v) is 6.21. The summed E-state index contributed by atoms with van der Waals surface area (Å²) in [5.74, 6) is -0.154. The second-order valence-electron chi connectivity index (χ2n) is 7.15. The Balaban J connectivity index is 1.55. The zero-order valence-electron chi connectivity index (χ0n) is 16.0. The fourth-order valence-electron chi connectivity index (χ4n) is 3.58. The third-order valence-electron chi connectivity index (χ3n) is 5.19. The van der Waals surface area contributed by atoms with Crippen LogP contribution < -0.4 is 5.32 Å². The Labute approximate surface area is 168 Å². The van der Waals surface area contributed by atoms with Crippen LogP contribution >= 0.6 is 11.3 Å². The minimum atomic E-state index is -0.169. The first-order valence-corrected chi connectivity index (χ1v) is 10.2. The Bertz CT molecular complexity index is 1050. The standard InChI is InChI=1S/C23H22N2O2S/c1-15-5-3-6-17(13-15)22(26)24-20-8-4-7-19(16(20)2)23(27)25-11-9-21-18(14-25)10-12-28-21/h3-8,10,12-13H,9,11,14H2,1-2H3,(H,24,26). The molecule has 0 unspecified atom stereocenters. The second-order valence-corrected chi connectivity index (χ2v) is 8.15. The van der Waals surface area contributed by atoms with Crippen molar-refractivity contribution in [2.45, 2.75) is 26.8 Å². The molecular formula is C23H22N2O2S. The van der Waals surface area contributed by atoms with Crippen molar-refractivity contribution in [2.75, 3.05) is 11.9 Å². The first-order valence-electron chi connectivity index (χ1n) is 9.35. The molecule has 1 aliphatic rings. The predicted molar refractivity (Wildman–Crippen MR) is 113 cm³/mol. The fourth-order valence-corrected chi connectivity index (χ4v) is 4.47. The molecule has 0 atom stereocenters. The molecule has 0 radical (unpaired) electrons. The average Bonchev–Trinajstić information content (AvgIpc) is 3.17. The predicted octanol–water partition coefficient (Wildman–Crippen LogP) is 4.82. The quantitative estimate of drug-likeness (QED) is 0.697. The lowest BCUT2D eigenvalue weighted by Gasteiger charge is -2.28. The highest BCUT2D eigenvalue weighted by Crippen LogP contribution is 2.27. The highest BCUT2D eigenvalue weighted by Gasteiger charge is 2.24. The maximum absolute atomic E-state index is 13.1. The van der Waals surface area contributed by atoms with Crippen molar-refractivity contribution in [1.29, 1.82) is 0 Å². The zero-order chi connectivity index (χ0) is 19.7. The van der Waals surface area contributed by atoms with Gasteiger partial charge in [0.15, 0.2) is 0 Å². The smallest absolute Gasteiger partial charge is 0.255 e. The van der Waals surface area contributed by atoms with E-state index in [9.17, 15) is 9.59 Å². The van der Waals surface area contributed by atoms with E-state index in [0.29, 0.717) is 23.4 Å². The monoisotopic (exact) mass is 390 g/mol. The van der Waals surface area contributed by atoms with Crippen LogP contribution in [0.4, 0.5) is 5.69 Å². The van der Waals surface area contributed by atoms with Crippen LogP contribution in [0, 0.1) is 13.8 Å². The Morgan fingerprint density at radius 1 is 1.07 bits per heavy atom. The van der Waals surface area contributed by atoms with E-state index in [1.807, 2.05) is 55.1 Å². The summed E-state index contributed by atoms with van der Waals surface area (Å²) in [4.78, 5) is 29.0. The second kappa shape index (κ2) is 7.60. The third kappa shape index (κ3) is 3.58. The van der Waals surface area contributed by atoms with Gasteiger partial charge in [-0.05, 0) is 67.1 Å². The van der Waals surface area contributed by atoms with E-state index >= 15 is 0 Å². The average molecular weight is 391 g/mol. The molecule has 4 nitrogen and oxygen atoms in total. The number of anilines is 1. The van der Waals surface area contributed by atoms with Gasteiger partial charge in [-0.3, -0.25) is 9.59 Å².